The Morgan fingerprint density at radius 2 is 2.05 bits per heavy atom. The molecule has 1 aromatic rings. The third-order valence-electron chi connectivity index (χ3n) is 4.19. The van der Waals surface area contributed by atoms with Gasteiger partial charge >= 0.3 is 0 Å². The number of likely N-dealkylation sites (tertiary alicyclic amines) is 1. The van der Waals surface area contributed by atoms with Crippen LogP contribution in [0.4, 0.5) is 0 Å². The lowest BCUT2D eigenvalue weighted by molar-refractivity contribution is -0.100. The lowest BCUT2D eigenvalue weighted by Gasteiger charge is -2.38. The fourth-order valence-electron chi connectivity index (χ4n) is 3.06. The predicted molar refractivity (Wildman–Crippen MR) is 88.3 cm³/mol. The van der Waals surface area contributed by atoms with Gasteiger partial charge in [0.2, 0.25) is 0 Å². The molecule has 0 aromatic heterocycles. The van der Waals surface area contributed by atoms with Crippen LogP contribution in [0.15, 0.2) is 18.2 Å². The Balaban J connectivity index is 1.85. The molecule has 21 heavy (non-hydrogen) atoms. The molecule has 1 unspecified atom stereocenters. The fourth-order valence-corrected chi connectivity index (χ4v) is 3.65. The Labute approximate surface area is 138 Å². The van der Waals surface area contributed by atoms with Gasteiger partial charge in [0.1, 0.15) is 0 Å². The van der Waals surface area contributed by atoms with Crippen molar-refractivity contribution in [3.05, 3.63) is 32.9 Å². The lowest BCUT2D eigenvalue weighted by atomic mass is 10.00. The monoisotopic (exact) mass is 401 g/mol. The van der Waals surface area contributed by atoms with Crippen molar-refractivity contribution in [3.63, 3.8) is 0 Å². The zero-order valence-electron chi connectivity index (χ0n) is 12.2. The second kappa shape index (κ2) is 6.62. The van der Waals surface area contributed by atoms with E-state index in [1.54, 1.807) is 0 Å². The van der Waals surface area contributed by atoms with Crippen molar-refractivity contribution >= 4 is 28.5 Å². The average molecular weight is 401 g/mol. The molecule has 1 aromatic carbocycles. The van der Waals surface area contributed by atoms with Gasteiger partial charge in [-0.2, -0.15) is 0 Å². The molecular formula is C16H20INO3. The van der Waals surface area contributed by atoms with E-state index in [9.17, 15) is 4.79 Å². The zero-order chi connectivity index (χ0) is 14.8. The molecule has 4 nitrogen and oxygen atoms in total. The van der Waals surface area contributed by atoms with Crippen molar-refractivity contribution in [1.29, 1.82) is 0 Å². The van der Waals surface area contributed by atoms with Crippen LogP contribution in [-0.4, -0.2) is 42.9 Å². The van der Waals surface area contributed by atoms with Gasteiger partial charge in [0.05, 0.1) is 24.8 Å². The Morgan fingerprint density at radius 1 is 1.29 bits per heavy atom. The molecule has 0 bridgehead atoms. The van der Waals surface area contributed by atoms with E-state index in [0.717, 1.165) is 40.5 Å². The topological polar surface area (TPSA) is 38.8 Å². The minimum atomic E-state index is -0.253. The molecule has 2 heterocycles. The minimum Gasteiger partial charge on any atom is -0.348 e. The van der Waals surface area contributed by atoms with Crippen molar-refractivity contribution in [2.24, 2.45) is 0 Å². The zero-order valence-corrected chi connectivity index (χ0v) is 14.3. The molecule has 2 fully saturated rings. The summed E-state index contributed by atoms with van der Waals surface area (Å²) in [5, 5.41) is 0. The van der Waals surface area contributed by atoms with E-state index in [4.69, 9.17) is 9.47 Å². The SMILES string of the molecule is Cc1cccc(C(=O)N2CCCCC2C2OCCO2)c1I. The number of amides is 1. The van der Waals surface area contributed by atoms with E-state index in [1.165, 1.54) is 0 Å². The number of ether oxygens (including phenoxy) is 2. The fraction of sp³-hybridized carbons (Fsp3) is 0.562. The van der Waals surface area contributed by atoms with Crippen LogP contribution in [-0.2, 0) is 9.47 Å². The van der Waals surface area contributed by atoms with Crippen LogP contribution in [0, 0.1) is 10.5 Å². The first-order valence-electron chi connectivity index (χ1n) is 7.48. The maximum atomic E-state index is 12.9. The number of aryl methyl sites for hydroxylation is 1. The number of rotatable bonds is 2. The van der Waals surface area contributed by atoms with E-state index in [-0.39, 0.29) is 18.2 Å². The summed E-state index contributed by atoms with van der Waals surface area (Å²) in [4.78, 5) is 14.9. The van der Waals surface area contributed by atoms with Crippen molar-refractivity contribution in [3.8, 4) is 0 Å². The van der Waals surface area contributed by atoms with Crippen LogP contribution in [0.2, 0.25) is 0 Å². The number of carbonyl (C=O) groups excluding carboxylic acids is 1. The standard InChI is InChI=1S/C16H20INO3/c1-11-5-4-6-12(14(11)17)15(19)18-8-3-2-7-13(18)16-20-9-10-21-16/h4-6,13,16H,2-3,7-10H2,1H3. The van der Waals surface area contributed by atoms with Gasteiger partial charge in [0, 0.05) is 10.1 Å². The van der Waals surface area contributed by atoms with Gasteiger partial charge in [-0.25, -0.2) is 0 Å². The maximum absolute atomic E-state index is 12.9. The van der Waals surface area contributed by atoms with Crippen LogP contribution in [0.3, 0.4) is 0 Å². The van der Waals surface area contributed by atoms with E-state index in [2.05, 4.69) is 22.6 Å². The van der Waals surface area contributed by atoms with Crippen molar-refractivity contribution in [2.75, 3.05) is 19.8 Å². The van der Waals surface area contributed by atoms with Gasteiger partial charge < -0.3 is 14.4 Å². The number of hydrogen-bond acceptors (Lipinski definition) is 3. The highest BCUT2D eigenvalue weighted by Gasteiger charge is 2.36. The summed E-state index contributed by atoms with van der Waals surface area (Å²) in [5.74, 6) is 0.104. The summed E-state index contributed by atoms with van der Waals surface area (Å²) in [6.07, 6.45) is 2.88. The summed E-state index contributed by atoms with van der Waals surface area (Å²) in [6.45, 7) is 4.09. The molecular weight excluding hydrogens is 381 g/mol. The number of carbonyl (C=O) groups is 1. The molecule has 2 saturated heterocycles. The highest BCUT2D eigenvalue weighted by Crippen LogP contribution is 2.27. The van der Waals surface area contributed by atoms with Gasteiger partial charge in [0.15, 0.2) is 6.29 Å². The van der Waals surface area contributed by atoms with Gasteiger partial charge in [-0.15, -0.1) is 0 Å². The first-order chi connectivity index (χ1) is 10.2. The average Bonchev–Trinajstić information content (AvgIpc) is 3.03. The highest BCUT2D eigenvalue weighted by atomic mass is 127. The van der Waals surface area contributed by atoms with Crippen LogP contribution < -0.4 is 0 Å². The van der Waals surface area contributed by atoms with E-state index in [0.29, 0.717) is 13.2 Å². The smallest absolute Gasteiger partial charge is 0.255 e. The van der Waals surface area contributed by atoms with E-state index in [1.807, 2.05) is 30.0 Å². The molecule has 5 heteroatoms. The summed E-state index contributed by atoms with van der Waals surface area (Å²) >= 11 is 2.26. The van der Waals surface area contributed by atoms with E-state index < -0.39 is 0 Å². The molecule has 2 aliphatic rings. The Kier molecular flexibility index (Phi) is 4.81. The Morgan fingerprint density at radius 3 is 2.81 bits per heavy atom. The molecule has 0 radical (unpaired) electrons. The van der Waals surface area contributed by atoms with Crippen LogP contribution in [0.1, 0.15) is 35.2 Å². The Bertz CT molecular complexity index is 528. The van der Waals surface area contributed by atoms with Crippen molar-refractivity contribution in [2.45, 2.75) is 38.5 Å². The number of halogens is 1. The first kappa shape index (κ1) is 15.2. The first-order valence-corrected chi connectivity index (χ1v) is 8.55. The lowest BCUT2D eigenvalue weighted by Crippen LogP contribution is -2.50. The molecule has 0 N–H and O–H groups in total. The van der Waals surface area contributed by atoms with Gasteiger partial charge in [0.25, 0.3) is 5.91 Å². The van der Waals surface area contributed by atoms with Crippen molar-refractivity contribution < 1.29 is 14.3 Å². The third kappa shape index (κ3) is 3.10. The van der Waals surface area contributed by atoms with Crippen molar-refractivity contribution in [1.82, 2.24) is 4.90 Å². The normalized spacial score (nSPS) is 23.5. The molecule has 3 rings (SSSR count). The molecule has 114 valence electrons. The van der Waals surface area contributed by atoms with Crippen LogP contribution in [0.25, 0.3) is 0 Å². The van der Waals surface area contributed by atoms with E-state index >= 15 is 0 Å². The predicted octanol–water partition coefficient (Wildman–Crippen LogP) is 2.97. The largest absolute Gasteiger partial charge is 0.348 e. The third-order valence-corrected chi connectivity index (χ3v) is 5.63. The second-order valence-corrected chi connectivity index (χ2v) is 6.69. The number of benzene rings is 1. The number of piperidine rings is 1. The maximum Gasteiger partial charge on any atom is 0.255 e. The molecule has 1 atom stereocenters. The number of hydrogen-bond donors (Lipinski definition) is 0. The molecule has 0 saturated carbocycles. The molecule has 2 aliphatic heterocycles. The summed E-state index contributed by atoms with van der Waals surface area (Å²) < 4.78 is 12.3. The van der Waals surface area contributed by atoms with Crippen LogP contribution >= 0.6 is 22.6 Å². The van der Waals surface area contributed by atoms with Crippen LogP contribution in [0.5, 0.6) is 0 Å². The van der Waals surface area contributed by atoms with Gasteiger partial charge in [-0.3, -0.25) is 4.79 Å². The summed E-state index contributed by atoms with van der Waals surface area (Å²) in [6, 6.07) is 5.95. The minimum absolute atomic E-state index is 0.0464. The number of nitrogens with zero attached hydrogens (tertiary/aromatic N) is 1. The summed E-state index contributed by atoms with van der Waals surface area (Å²) in [7, 11) is 0. The Hall–Kier alpha value is -0.660. The quantitative estimate of drug-likeness (QED) is 0.716. The van der Waals surface area contributed by atoms with Gasteiger partial charge in [-0.1, -0.05) is 12.1 Å². The summed E-state index contributed by atoms with van der Waals surface area (Å²) in [5.41, 5.74) is 1.93. The molecule has 1 amide bonds. The van der Waals surface area contributed by atoms with Gasteiger partial charge in [-0.05, 0) is 60.4 Å². The highest BCUT2D eigenvalue weighted by molar-refractivity contribution is 14.1. The second-order valence-electron chi connectivity index (χ2n) is 5.61. The molecule has 0 spiro atoms. The molecule has 0 aliphatic carbocycles.